The van der Waals surface area contributed by atoms with Gasteiger partial charge in [-0.15, -0.1) is 12.4 Å². The molecule has 1 saturated heterocycles. The summed E-state index contributed by atoms with van der Waals surface area (Å²) in [7, 11) is 0. The van der Waals surface area contributed by atoms with Gasteiger partial charge in [-0.3, -0.25) is 4.79 Å². The van der Waals surface area contributed by atoms with Crippen molar-refractivity contribution in [3.05, 3.63) is 54.1 Å². The molecule has 2 aromatic carbocycles. The van der Waals surface area contributed by atoms with Crippen LogP contribution in [-0.2, 0) is 14.3 Å². The van der Waals surface area contributed by atoms with Crippen LogP contribution in [0.15, 0.2) is 48.5 Å². The van der Waals surface area contributed by atoms with E-state index in [1.165, 1.54) is 0 Å². The molecule has 34 heavy (non-hydrogen) atoms. The normalized spacial score (nSPS) is 23.7. The van der Waals surface area contributed by atoms with E-state index in [0.717, 1.165) is 43.4 Å². The molecule has 0 aromatic heterocycles. The number of ether oxygens (including phenoxy) is 3. The second-order valence-electron chi connectivity index (χ2n) is 8.82. The lowest BCUT2D eigenvalue weighted by Crippen LogP contribution is -2.51. The van der Waals surface area contributed by atoms with Gasteiger partial charge < -0.3 is 19.5 Å². The zero-order chi connectivity index (χ0) is 23.2. The monoisotopic (exact) mass is 487 g/mol. The van der Waals surface area contributed by atoms with Gasteiger partial charge in [-0.2, -0.15) is 0 Å². The molecule has 4 rings (SSSR count). The Labute approximate surface area is 207 Å². The lowest BCUT2D eigenvalue weighted by atomic mass is 9.72. The van der Waals surface area contributed by atoms with Crippen molar-refractivity contribution in [3.63, 3.8) is 0 Å². The number of piperidine rings is 1. The van der Waals surface area contributed by atoms with Gasteiger partial charge in [-0.05, 0) is 81.2 Å². The summed E-state index contributed by atoms with van der Waals surface area (Å²) in [6, 6.07) is 15.5. The maximum absolute atomic E-state index is 12.6. The quantitative estimate of drug-likeness (QED) is 0.551. The van der Waals surface area contributed by atoms with Crippen molar-refractivity contribution >= 4 is 24.3 Å². The average molecular weight is 488 g/mol. The zero-order valence-electron chi connectivity index (χ0n) is 19.8. The highest BCUT2D eigenvalue weighted by atomic mass is 35.5. The number of halogens is 1. The maximum Gasteiger partial charge on any atom is 0.341 e. The van der Waals surface area contributed by atoms with Crippen molar-refractivity contribution in [2.45, 2.75) is 51.7 Å². The van der Waals surface area contributed by atoms with Crippen molar-refractivity contribution in [3.8, 4) is 16.9 Å². The Kier molecular flexibility index (Phi) is 9.36. The Balaban J connectivity index is 0.00000324. The first-order chi connectivity index (χ1) is 16.1. The van der Waals surface area contributed by atoms with E-state index in [0.29, 0.717) is 36.4 Å². The average Bonchev–Trinajstić information content (AvgIpc) is 2.84. The predicted molar refractivity (Wildman–Crippen MR) is 133 cm³/mol. The van der Waals surface area contributed by atoms with Gasteiger partial charge in [0.2, 0.25) is 0 Å². The Morgan fingerprint density at radius 2 is 1.68 bits per heavy atom. The highest BCUT2D eigenvalue weighted by molar-refractivity contribution is 5.93. The first kappa shape index (κ1) is 26.0. The minimum atomic E-state index is -0.370. The number of nitrogens with one attached hydrogen (secondary N) is 1. The maximum atomic E-state index is 12.6. The molecule has 1 heterocycles. The number of carbonyl (C=O) groups is 2. The standard InChI is InChI=1S/C27H33NO5.ClH/c1-3-31-26(29)23-13-11-19(18-8-6-5-7-9-18)16-25(23)33-22-12-10-20-17-28-24(15-21(20)14-22)27(30)32-4-2;/h5-9,11,13,16,20-22,24,28H,3-4,10,12,14-15,17H2,1-2H3;1H/t20-,21-,22-,24-;/m0./s1. The van der Waals surface area contributed by atoms with E-state index in [2.05, 4.69) is 5.32 Å². The molecule has 6 nitrogen and oxygen atoms in total. The minimum absolute atomic E-state index is 0. The molecule has 1 aliphatic carbocycles. The van der Waals surface area contributed by atoms with Gasteiger partial charge in [0, 0.05) is 0 Å². The predicted octanol–water partition coefficient (Wildman–Crippen LogP) is 5.04. The first-order valence-electron chi connectivity index (χ1n) is 12.0. The Bertz CT molecular complexity index is 967. The zero-order valence-corrected chi connectivity index (χ0v) is 20.6. The molecular weight excluding hydrogens is 454 g/mol. The van der Waals surface area contributed by atoms with Crippen molar-refractivity contribution in [2.24, 2.45) is 11.8 Å². The number of hydrogen-bond acceptors (Lipinski definition) is 6. The smallest absolute Gasteiger partial charge is 0.341 e. The van der Waals surface area contributed by atoms with Crippen LogP contribution in [0.5, 0.6) is 5.75 Å². The minimum Gasteiger partial charge on any atom is -0.489 e. The number of benzene rings is 2. The molecule has 2 aliphatic rings. The van der Waals surface area contributed by atoms with Crippen LogP contribution < -0.4 is 10.1 Å². The van der Waals surface area contributed by atoms with Gasteiger partial charge in [0.15, 0.2) is 0 Å². The molecular formula is C27H34ClNO5. The second-order valence-corrected chi connectivity index (χ2v) is 8.82. The summed E-state index contributed by atoms with van der Waals surface area (Å²) in [4.78, 5) is 24.8. The molecule has 2 fully saturated rings. The highest BCUT2D eigenvalue weighted by Gasteiger charge is 2.39. The van der Waals surface area contributed by atoms with E-state index in [-0.39, 0.29) is 36.5 Å². The van der Waals surface area contributed by atoms with Gasteiger partial charge in [0.1, 0.15) is 17.4 Å². The summed E-state index contributed by atoms with van der Waals surface area (Å²) >= 11 is 0. The van der Waals surface area contributed by atoms with Gasteiger partial charge in [0.25, 0.3) is 0 Å². The SMILES string of the molecule is CCOC(=O)c1ccc(-c2ccccc2)cc1O[C@H]1CC[C@H]2CN[C@H](C(=O)OCC)C[C@@H]2C1.Cl. The fourth-order valence-electron chi connectivity index (χ4n) is 5.04. The molecule has 184 valence electrons. The number of fused-ring (bicyclic) bond motifs is 1. The van der Waals surface area contributed by atoms with Gasteiger partial charge in [-0.25, -0.2) is 4.79 Å². The third-order valence-corrected chi connectivity index (χ3v) is 6.71. The molecule has 1 aliphatic heterocycles. The van der Waals surface area contributed by atoms with Crippen LogP contribution in [0.25, 0.3) is 11.1 Å². The van der Waals surface area contributed by atoms with Gasteiger partial charge >= 0.3 is 11.9 Å². The van der Waals surface area contributed by atoms with Crippen LogP contribution in [0.2, 0.25) is 0 Å². The molecule has 1 N–H and O–H groups in total. The fourth-order valence-corrected chi connectivity index (χ4v) is 5.04. The molecule has 0 bridgehead atoms. The lowest BCUT2D eigenvalue weighted by Gasteiger charge is -2.41. The molecule has 0 unspecified atom stereocenters. The van der Waals surface area contributed by atoms with Crippen LogP contribution >= 0.6 is 12.4 Å². The van der Waals surface area contributed by atoms with E-state index < -0.39 is 0 Å². The summed E-state index contributed by atoms with van der Waals surface area (Å²) in [5.41, 5.74) is 2.52. The van der Waals surface area contributed by atoms with Crippen molar-refractivity contribution < 1.29 is 23.8 Å². The topological polar surface area (TPSA) is 73.9 Å². The van der Waals surface area contributed by atoms with Crippen LogP contribution in [-0.4, -0.2) is 43.8 Å². The van der Waals surface area contributed by atoms with E-state index in [4.69, 9.17) is 14.2 Å². The number of hydrogen-bond donors (Lipinski definition) is 1. The molecule has 0 amide bonds. The van der Waals surface area contributed by atoms with Crippen molar-refractivity contribution in [1.29, 1.82) is 0 Å². The highest BCUT2D eigenvalue weighted by Crippen LogP contribution is 2.38. The third kappa shape index (κ3) is 6.10. The largest absolute Gasteiger partial charge is 0.489 e. The van der Waals surface area contributed by atoms with Crippen LogP contribution in [0, 0.1) is 11.8 Å². The van der Waals surface area contributed by atoms with Crippen LogP contribution in [0.1, 0.15) is 49.9 Å². The summed E-state index contributed by atoms with van der Waals surface area (Å²) in [6.45, 7) is 5.17. The third-order valence-electron chi connectivity index (χ3n) is 6.71. The Hall–Kier alpha value is -2.57. The van der Waals surface area contributed by atoms with E-state index in [1.54, 1.807) is 13.0 Å². The van der Waals surface area contributed by atoms with Crippen molar-refractivity contribution in [2.75, 3.05) is 19.8 Å². The second kappa shape index (κ2) is 12.2. The van der Waals surface area contributed by atoms with Crippen molar-refractivity contribution in [1.82, 2.24) is 5.32 Å². The van der Waals surface area contributed by atoms with E-state index in [9.17, 15) is 9.59 Å². The Morgan fingerprint density at radius 1 is 0.912 bits per heavy atom. The molecule has 0 spiro atoms. The molecule has 2 aromatic rings. The van der Waals surface area contributed by atoms with E-state index in [1.807, 2.05) is 49.4 Å². The molecule has 0 radical (unpaired) electrons. The fraction of sp³-hybridized carbons (Fsp3) is 0.481. The van der Waals surface area contributed by atoms with Crippen LogP contribution in [0.3, 0.4) is 0 Å². The summed E-state index contributed by atoms with van der Waals surface area (Å²) in [5, 5.41) is 3.35. The number of esters is 2. The molecule has 4 atom stereocenters. The summed E-state index contributed by atoms with van der Waals surface area (Å²) in [6.07, 6.45) is 3.57. The summed E-state index contributed by atoms with van der Waals surface area (Å²) in [5.74, 6) is 0.955. The molecule has 1 saturated carbocycles. The van der Waals surface area contributed by atoms with Gasteiger partial charge in [0.05, 0.1) is 19.3 Å². The van der Waals surface area contributed by atoms with Crippen LogP contribution in [0.4, 0.5) is 0 Å². The number of rotatable bonds is 7. The summed E-state index contributed by atoms with van der Waals surface area (Å²) < 4.78 is 17.0. The van der Waals surface area contributed by atoms with E-state index >= 15 is 0 Å². The number of carbonyl (C=O) groups excluding carboxylic acids is 2. The lowest BCUT2D eigenvalue weighted by molar-refractivity contribution is -0.147. The first-order valence-corrected chi connectivity index (χ1v) is 12.0. The molecule has 7 heteroatoms. The van der Waals surface area contributed by atoms with Gasteiger partial charge in [-0.1, -0.05) is 36.4 Å². The Morgan fingerprint density at radius 3 is 2.41 bits per heavy atom.